The first kappa shape index (κ1) is 47.7. The molecule has 0 radical (unpaired) electrons. The van der Waals surface area contributed by atoms with Gasteiger partial charge in [0.25, 0.3) is 0 Å². The first-order valence-electron chi connectivity index (χ1n) is 24.1. The second-order valence-electron chi connectivity index (χ2n) is 17.8. The molecule has 7 aromatic rings. The summed E-state index contributed by atoms with van der Waals surface area (Å²) in [5, 5.41) is 19.5. The number of aromatic nitrogens is 3. The number of benzene rings is 4. The minimum Gasteiger partial charge on any atom is -0.340 e. The van der Waals surface area contributed by atoms with Crippen LogP contribution in [-0.4, -0.2) is 48.7 Å². The molecule has 0 atom stereocenters. The van der Waals surface area contributed by atoms with Crippen LogP contribution < -0.4 is 0 Å². The van der Waals surface area contributed by atoms with E-state index in [9.17, 15) is 14.4 Å². The maximum absolute atomic E-state index is 11.9. The molecule has 0 spiro atoms. The molecule has 66 heavy (non-hydrogen) atoms. The molecule has 0 fully saturated rings. The van der Waals surface area contributed by atoms with Crippen molar-refractivity contribution in [2.75, 3.05) is 0 Å². The molecule has 12 nitrogen and oxygen atoms in total. The summed E-state index contributed by atoms with van der Waals surface area (Å²) in [5.74, 6) is -1.41. The van der Waals surface area contributed by atoms with Gasteiger partial charge in [-0.05, 0) is 93.1 Å². The van der Waals surface area contributed by atoms with Crippen LogP contribution in [0.3, 0.4) is 0 Å². The van der Waals surface area contributed by atoms with E-state index in [1.54, 1.807) is 0 Å². The van der Waals surface area contributed by atoms with E-state index in [-0.39, 0.29) is 0 Å². The summed E-state index contributed by atoms with van der Waals surface area (Å²) in [4.78, 5) is 51.3. The molecule has 0 bridgehead atoms. The van der Waals surface area contributed by atoms with Crippen molar-refractivity contribution in [3.63, 3.8) is 0 Å². The first-order valence-corrected chi connectivity index (χ1v) is 24.1. The summed E-state index contributed by atoms with van der Waals surface area (Å²) in [6.07, 6.45) is 13.2. The average Bonchev–Trinajstić information content (AvgIpc) is 3.92. The van der Waals surface area contributed by atoms with Crippen LogP contribution in [0, 0.1) is 0 Å². The molecule has 4 aromatic carbocycles. The van der Waals surface area contributed by atoms with E-state index < -0.39 is 17.9 Å². The zero-order chi connectivity index (χ0) is 47.1. The summed E-state index contributed by atoms with van der Waals surface area (Å²) in [6, 6.07) is 19.6. The lowest BCUT2D eigenvalue weighted by molar-refractivity contribution is -0.141. The van der Waals surface area contributed by atoms with E-state index in [2.05, 4.69) is 105 Å². The molecule has 0 amide bonds. The van der Waals surface area contributed by atoms with Gasteiger partial charge in [0.2, 0.25) is 0 Å². The normalized spacial score (nSPS) is 12.8. The lowest BCUT2D eigenvalue weighted by Crippen LogP contribution is -2.02. The van der Waals surface area contributed by atoms with Crippen molar-refractivity contribution >= 4 is 100 Å². The molecule has 0 aliphatic carbocycles. The van der Waals surface area contributed by atoms with E-state index in [4.69, 9.17) is 14.5 Å². The Labute approximate surface area is 387 Å². The summed E-state index contributed by atoms with van der Waals surface area (Å²) in [7, 11) is 0. The topological polar surface area (TPSA) is 131 Å². The highest BCUT2D eigenvalue weighted by Gasteiger charge is 2.28. The van der Waals surface area contributed by atoms with Crippen LogP contribution >= 0.6 is 0 Å². The van der Waals surface area contributed by atoms with Gasteiger partial charge >= 0.3 is 17.9 Å². The molecule has 0 aliphatic rings. The van der Waals surface area contributed by atoms with Crippen LogP contribution in [0.15, 0.2) is 70.1 Å². The van der Waals surface area contributed by atoms with Gasteiger partial charge in [-0.15, -0.1) is 0 Å². The van der Waals surface area contributed by atoms with E-state index >= 15 is 0 Å². The molecule has 0 N–H and O–H groups in total. The third-order valence-electron chi connectivity index (χ3n) is 12.8. The van der Waals surface area contributed by atoms with Gasteiger partial charge in [0.1, 0.15) is 0 Å². The van der Waals surface area contributed by atoms with Crippen LogP contribution in [0.2, 0.25) is 0 Å². The Morgan fingerprint density at radius 2 is 0.682 bits per heavy atom. The standard InChI is InChI=1S/C54H66N6O6/c1-10-13-16-19-28-58-46-25-22-40(34(4)55-64-37(7)61)31-43(46)49-52(58)50-44-32-41(35(5)56-65-38(8)62)23-26-47(44)59(29-20-17-14-11-2)54(50)51-45-33-42(36(6)57-66-39(9)63)24-27-48(45)60(53(49)51)30-21-18-15-12-3/h22-27,31-33H,10-21,28-30H2,1-9H3. The Kier molecular flexibility index (Phi) is 15.4. The van der Waals surface area contributed by atoms with Crippen molar-refractivity contribution in [2.45, 2.75) is 159 Å². The number of hydrogen-bond donors (Lipinski definition) is 0. The number of carbonyl (C=O) groups is 3. The predicted molar refractivity (Wildman–Crippen MR) is 270 cm³/mol. The molecule has 3 aromatic heterocycles. The number of nitrogens with zero attached hydrogens (tertiary/aromatic N) is 6. The Morgan fingerprint density at radius 3 is 0.924 bits per heavy atom. The number of rotatable bonds is 21. The van der Waals surface area contributed by atoms with Gasteiger partial charge in [-0.25, -0.2) is 14.4 Å². The predicted octanol–water partition coefficient (Wildman–Crippen LogP) is 13.6. The van der Waals surface area contributed by atoms with E-state index in [0.29, 0.717) is 17.1 Å². The molecule has 0 unspecified atom stereocenters. The SMILES string of the molecule is CCCCCCn1c2ccc(C(C)=NOC(C)=O)cc2c2c1c1c3cc(C(C)=NOC(C)=O)ccc3n(CCCCCC)c1c1c3cc(C(C)=NOC(C)=O)ccc3n(CCCCCC)c21. The van der Waals surface area contributed by atoms with Crippen molar-refractivity contribution in [1.82, 2.24) is 13.7 Å². The molecule has 0 aliphatic heterocycles. The van der Waals surface area contributed by atoms with Gasteiger partial charge in [0, 0.05) is 89.3 Å². The second kappa shape index (κ2) is 21.3. The highest BCUT2D eigenvalue weighted by molar-refractivity contribution is 6.40. The molecule has 348 valence electrons. The number of unbranched alkanes of at least 4 members (excludes halogenated alkanes) is 9. The van der Waals surface area contributed by atoms with Crippen molar-refractivity contribution in [2.24, 2.45) is 15.5 Å². The molecule has 7 rings (SSSR count). The maximum Gasteiger partial charge on any atom is 0.331 e. The summed E-state index contributed by atoms with van der Waals surface area (Å²) in [6.45, 7) is 18.9. The fourth-order valence-electron chi connectivity index (χ4n) is 9.58. The highest BCUT2D eigenvalue weighted by atomic mass is 16.7. The fraction of sp³-hybridized carbons (Fsp3) is 0.444. The van der Waals surface area contributed by atoms with Crippen molar-refractivity contribution in [1.29, 1.82) is 0 Å². The lowest BCUT2D eigenvalue weighted by Gasteiger charge is -2.13. The lowest BCUT2D eigenvalue weighted by atomic mass is 9.99. The fourth-order valence-corrected chi connectivity index (χ4v) is 9.58. The minimum atomic E-state index is -0.470. The largest absolute Gasteiger partial charge is 0.340 e. The van der Waals surface area contributed by atoms with Gasteiger partial charge in [-0.2, -0.15) is 0 Å². The Balaban J connectivity index is 1.75. The molecular formula is C54H66N6O6. The van der Waals surface area contributed by atoms with Crippen LogP contribution in [0.5, 0.6) is 0 Å². The zero-order valence-corrected chi connectivity index (χ0v) is 40.4. The van der Waals surface area contributed by atoms with Gasteiger partial charge in [0.05, 0.1) is 33.7 Å². The number of aryl methyl sites for hydroxylation is 3. The number of fused-ring (bicyclic) bond motifs is 12. The maximum atomic E-state index is 11.9. The van der Waals surface area contributed by atoms with Crippen LogP contribution in [-0.2, 0) is 48.5 Å². The third kappa shape index (κ3) is 9.78. The summed E-state index contributed by atoms with van der Waals surface area (Å²) in [5.41, 5.74) is 11.3. The minimum absolute atomic E-state index is 0.470. The second-order valence-corrected chi connectivity index (χ2v) is 17.8. The Morgan fingerprint density at radius 1 is 0.409 bits per heavy atom. The highest BCUT2D eigenvalue weighted by Crippen LogP contribution is 2.49. The average molecular weight is 895 g/mol. The Bertz CT molecular complexity index is 2700. The van der Waals surface area contributed by atoms with Gasteiger partial charge in [-0.1, -0.05) is 112 Å². The third-order valence-corrected chi connectivity index (χ3v) is 12.8. The van der Waals surface area contributed by atoms with Crippen molar-refractivity contribution in [3.8, 4) is 0 Å². The quantitative estimate of drug-likeness (QED) is 0.0305. The van der Waals surface area contributed by atoms with E-state index in [1.807, 2.05) is 20.8 Å². The summed E-state index contributed by atoms with van der Waals surface area (Å²) >= 11 is 0. The van der Waals surface area contributed by atoms with Gasteiger partial charge < -0.3 is 28.2 Å². The summed E-state index contributed by atoms with van der Waals surface area (Å²) < 4.78 is 7.66. The van der Waals surface area contributed by atoms with Crippen LogP contribution in [0.4, 0.5) is 0 Å². The zero-order valence-electron chi connectivity index (χ0n) is 40.4. The van der Waals surface area contributed by atoms with Crippen molar-refractivity contribution < 1.29 is 28.9 Å². The van der Waals surface area contributed by atoms with Crippen LogP contribution in [0.1, 0.15) is 156 Å². The Hall–Kier alpha value is -6.30. The van der Waals surface area contributed by atoms with Gasteiger partial charge in [-0.3, -0.25) is 0 Å². The molecule has 12 heteroatoms. The smallest absolute Gasteiger partial charge is 0.331 e. The molecular weight excluding hydrogens is 829 g/mol. The van der Waals surface area contributed by atoms with E-state index in [1.165, 1.54) is 37.3 Å². The number of hydrogen-bond acceptors (Lipinski definition) is 9. The van der Waals surface area contributed by atoms with E-state index in [0.717, 1.165) is 162 Å². The monoisotopic (exact) mass is 895 g/mol. The first-order chi connectivity index (χ1) is 31.9. The molecule has 3 heterocycles. The van der Waals surface area contributed by atoms with Crippen LogP contribution in [0.25, 0.3) is 65.4 Å². The number of oxime groups is 3. The van der Waals surface area contributed by atoms with Gasteiger partial charge in [0.15, 0.2) is 0 Å². The molecule has 0 saturated carbocycles. The number of carbonyl (C=O) groups excluding carboxylic acids is 3. The van der Waals surface area contributed by atoms with Crippen molar-refractivity contribution in [3.05, 3.63) is 71.3 Å². The molecule has 0 saturated heterocycles.